The van der Waals surface area contributed by atoms with Crippen molar-refractivity contribution in [3.8, 4) is 34.0 Å². The van der Waals surface area contributed by atoms with Crippen molar-refractivity contribution in [2.24, 2.45) is 0 Å². The summed E-state index contributed by atoms with van der Waals surface area (Å²) in [7, 11) is 0. The van der Waals surface area contributed by atoms with Crippen LogP contribution in [-0.2, 0) is 0 Å². The molecule has 0 saturated heterocycles. The van der Waals surface area contributed by atoms with E-state index in [1.807, 2.05) is 24.3 Å². The van der Waals surface area contributed by atoms with Crippen molar-refractivity contribution in [3.05, 3.63) is 158 Å². The topological polar surface area (TPSA) is 48.8 Å². The Bertz CT molecular complexity index is 2790. The first-order valence-electron chi connectivity index (χ1n) is 15.8. The van der Waals surface area contributed by atoms with Crippen LogP contribution in [0, 0.1) is 0 Å². The van der Waals surface area contributed by atoms with E-state index >= 15 is 0 Å². The Morgan fingerprint density at radius 2 is 0.979 bits per heavy atom. The second-order valence-corrected chi connectivity index (χ2v) is 11.9. The van der Waals surface area contributed by atoms with Crippen molar-refractivity contribution in [2.75, 3.05) is 0 Å². The van der Waals surface area contributed by atoms with E-state index in [0.717, 1.165) is 49.8 Å². The van der Waals surface area contributed by atoms with Gasteiger partial charge in [0.1, 0.15) is 11.2 Å². The molecule has 4 aromatic heterocycles. The molecule has 0 amide bonds. The van der Waals surface area contributed by atoms with Gasteiger partial charge in [0.15, 0.2) is 5.58 Å². The molecule has 47 heavy (non-hydrogen) atoms. The Balaban J connectivity index is 1.18. The summed E-state index contributed by atoms with van der Waals surface area (Å²) in [6.45, 7) is 0. The molecule has 0 atom stereocenters. The van der Waals surface area contributed by atoms with Crippen molar-refractivity contribution in [1.29, 1.82) is 0 Å². The van der Waals surface area contributed by atoms with Gasteiger partial charge in [0.2, 0.25) is 5.95 Å². The zero-order chi connectivity index (χ0) is 30.9. The van der Waals surface area contributed by atoms with Gasteiger partial charge in [-0.15, -0.1) is 0 Å². The second-order valence-electron chi connectivity index (χ2n) is 11.9. The normalized spacial score (nSPS) is 11.8. The summed E-state index contributed by atoms with van der Waals surface area (Å²) in [4.78, 5) is 10.1. The molecule has 10 aromatic rings. The minimum Gasteiger partial charge on any atom is -0.460 e. The summed E-state index contributed by atoms with van der Waals surface area (Å²) in [6.07, 6.45) is 1.68. The Morgan fingerprint density at radius 3 is 1.66 bits per heavy atom. The van der Waals surface area contributed by atoms with E-state index in [-0.39, 0.29) is 0 Å². The number of hydrogen-bond acceptors (Lipinski definition) is 3. The lowest BCUT2D eigenvalue weighted by Gasteiger charge is -2.10. The monoisotopic (exact) mass is 602 g/mol. The van der Waals surface area contributed by atoms with Crippen molar-refractivity contribution in [3.63, 3.8) is 0 Å². The molecule has 10 rings (SSSR count). The summed E-state index contributed by atoms with van der Waals surface area (Å²) in [5.74, 6) is 0.617. The molecule has 5 heteroatoms. The van der Waals surface area contributed by atoms with Gasteiger partial charge < -0.3 is 8.98 Å². The molecular formula is C42H26N4O. The molecule has 220 valence electrons. The Labute approximate surface area is 269 Å². The van der Waals surface area contributed by atoms with E-state index in [9.17, 15) is 0 Å². The molecule has 5 nitrogen and oxygen atoms in total. The lowest BCUT2D eigenvalue weighted by molar-refractivity contribution is 0.614. The molecule has 0 saturated carbocycles. The van der Waals surface area contributed by atoms with Crippen molar-refractivity contribution >= 4 is 54.7 Å². The standard InChI is InChI=1S/C42H26N4O/c1-3-11-27(12-4-1)40-41-35(23-24-47-41)43-42(44-40)46-37-18-10-8-16-32(37)34-26-29(20-22-39(34)46)28-19-21-38-33(25-28)31-15-7-9-17-36(31)45(38)30-13-5-2-6-14-30/h1-26H. The van der Waals surface area contributed by atoms with Gasteiger partial charge in [-0.1, -0.05) is 97.1 Å². The third kappa shape index (κ3) is 3.90. The van der Waals surface area contributed by atoms with Gasteiger partial charge in [0.05, 0.1) is 28.3 Å². The first-order chi connectivity index (χ1) is 23.3. The molecule has 0 unspecified atom stereocenters. The minimum absolute atomic E-state index is 0.617. The Hall–Kier alpha value is -6.46. The van der Waals surface area contributed by atoms with Gasteiger partial charge in [-0.05, 0) is 59.7 Å². The number of fused-ring (bicyclic) bond motifs is 7. The van der Waals surface area contributed by atoms with E-state index in [1.165, 1.54) is 27.4 Å². The van der Waals surface area contributed by atoms with E-state index in [1.54, 1.807) is 6.26 Å². The largest absolute Gasteiger partial charge is 0.460 e. The van der Waals surface area contributed by atoms with Crippen LogP contribution in [0.15, 0.2) is 162 Å². The molecule has 6 aromatic carbocycles. The van der Waals surface area contributed by atoms with Crippen LogP contribution in [0.4, 0.5) is 0 Å². The number of hydrogen-bond donors (Lipinski definition) is 0. The minimum atomic E-state index is 0.617. The average molecular weight is 603 g/mol. The van der Waals surface area contributed by atoms with Gasteiger partial charge in [-0.3, -0.25) is 4.57 Å². The third-order valence-corrected chi connectivity index (χ3v) is 9.23. The van der Waals surface area contributed by atoms with Crippen LogP contribution in [0.3, 0.4) is 0 Å². The molecule has 0 aliphatic heterocycles. The van der Waals surface area contributed by atoms with Crippen molar-refractivity contribution < 1.29 is 4.42 Å². The highest BCUT2D eigenvalue weighted by molar-refractivity contribution is 6.12. The summed E-state index contributed by atoms with van der Waals surface area (Å²) in [5, 5.41) is 4.79. The van der Waals surface area contributed by atoms with Gasteiger partial charge in [0, 0.05) is 38.9 Å². The van der Waals surface area contributed by atoms with Crippen LogP contribution in [-0.4, -0.2) is 19.1 Å². The Kier molecular flexibility index (Phi) is 5.51. The van der Waals surface area contributed by atoms with E-state index in [2.05, 4.69) is 137 Å². The number of nitrogens with zero attached hydrogens (tertiary/aromatic N) is 4. The Morgan fingerprint density at radius 1 is 0.426 bits per heavy atom. The lowest BCUT2D eigenvalue weighted by atomic mass is 10.0. The lowest BCUT2D eigenvalue weighted by Crippen LogP contribution is -2.02. The second kappa shape index (κ2) is 10.0. The van der Waals surface area contributed by atoms with Crippen LogP contribution in [0.5, 0.6) is 0 Å². The molecule has 0 N–H and O–H groups in total. The fourth-order valence-electron chi connectivity index (χ4n) is 7.12. The van der Waals surface area contributed by atoms with Gasteiger partial charge >= 0.3 is 0 Å². The maximum atomic E-state index is 5.86. The predicted molar refractivity (Wildman–Crippen MR) is 191 cm³/mol. The first kappa shape index (κ1) is 25.8. The smallest absolute Gasteiger partial charge is 0.236 e. The molecule has 0 radical (unpaired) electrons. The summed E-state index contributed by atoms with van der Waals surface area (Å²) >= 11 is 0. The average Bonchev–Trinajstić information content (AvgIpc) is 3.84. The van der Waals surface area contributed by atoms with Crippen LogP contribution >= 0.6 is 0 Å². The SMILES string of the molecule is c1ccc(-c2nc(-n3c4ccccc4c4cc(-c5ccc6c(c5)c5ccccc5n6-c5ccccc5)ccc43)nc3ccoc23)cc1. The summed E-state index contributed by atoms with van der Waals surface area (Å²) in [6, 6.07) is 53.3. The maximum absolute atomic E-state index is 5.86. The third-order valence-electron chi connectivity index (χ3n) is 9.23. The summed E-state index contributed by atoms with van der Waals surface area (Å²) in [5.41, 5.74) is 11.2. The predicted octanol–water partition coefficient (Wildman–Crippen LogP) is 10.8. The molecule has 0 spiro atoms. The van der Waals surface area contributed by atoms with E-state index < -0.39 is 0 Å². The highest BCUT2D eigenvalue weighted by atomic mass is 16.3. The molecule has 0 aliphatic rings. The van der Waals surface area contributed by atoms with Crippen molar-refractivity contribution in [2.45, 2.75) is 0 Å². The van der Waals surface area contributed by atoms with E-state index in [0.29, 0.717) is 11.5 Å². The van der Waals surface area contributed by atoms with Gasteiger partial charge in [-0.25, -0.2) is 9.97 Å². The molecule has 4 heterocycles. The number of furan rings is 1. The van der Waals surface area contributed by atoms with E-state index in [4.69, 9.17) is 14.4 Å². The molecular weight excluding hydrogens is 576 g/mol. The number of para-hydroxylation sites is 3. The number of rotatable bonds is 4. The van der Waals surface area contributed by atoms with Crippen molar-refractivity contribution in [1.82, 2.24) is 19.1 Å². The van der Waals surface area contributed by atoms with Crippen LogP contribution < -0.4 is 0 Å². The van der Waals surface area contributed by atoms with Crippen LogP contribution in [0.25, 0.3) is 88.7 Å². The van der Waals surface area contributed by atoms with Gasteiger partial charge in [-0.2, -0.15) is 0 Å². The summed E-state index contributed by atoms with van der Waals surface area (Å²) < 4.78 is 10.4. The quantitative estimate of drug-likeness (QED) is 0.201. The van der Waals surface area contributed by atoms with Crippen LogP contribution in [0.2, 0.25) is 0 Å². The number of aromatic nitrogens is 4. The molecule has 0 fully saturated rings. The number of benzene rings is 6. The first-order valence-corrected chi connectivity index (χ1v) is 15.8. The zero-order valence-corrected chi connectivity index (χ0v) is 25.2. The van der Waals surface area contributed by atoms with Crippen LogP contribution in [0.1, 0.15) is 0 Å². The fraction of sp³-hybridized carbons (Fsp3) is 0. The highest BCUT2D eigenvalue weighted by Crippen LogP contribution is 2.38. The molecule has 0 aliphatic carbocycles. The maximum Gasteiger partial charge on any atom is 0.236 e. The molecule has 0 bridgehead atoms. The highest BCUT2D eigenvalue weighted by Gasteiger charge is 2.19. The zero-order valence-electron chi connectivity index (χ0n) is 25.2. The van der Waals surface area contributed by atoms with Gasteiger partial charge in [0.25, 0.3) is 0 Å². The fourth-order valence-corrected chi connectivity index (χ4v) is 7.12.